The number of methoxy groups -OCH3 is 2. The summed E-state index contributed by atoms with van der Waals surface area (Å²) in [7, 11) is 3.27. The third kappa shape index (κ3) is 2.79. The number of nitrogens with one attached hydrogen (secondary N) is 1. The molecule has 0 bridgehead atoms. The molecule has 1 fully saturated rings. The number of rotatable bonds is 4. The second-order valence-corrected chi connectivity index (χ2v) is 8.28. The lowest BCUT2D eigenvalue weighted by Gasteiger charge is -2.49. The SMILES string of the molecule is COc1cccc(C=C[C@@]23NC(=O)CCN2c2ccc(C)cc2C3(C)C)c1OC. The number of anilines is 1. The minimum absolute atomic E-state index is 0.0705. The topological polar surface area (TPSA) is 50.8 Å². The highest BCUT2D eigenvalue weighted by molar-refractivity contribution is 5.85. The molecule has 0 spiro atoms. The number of hydrogen-bond donors (Lipinski definition) is 1. The standard InChI is InChI=1S/C24H28N2O3/c1-16-9-10-19-18(15-16)23(2,3)24(25-21(27)12-14-26(19)24)13-11-17-7-6-8-20(28-4)22(17)29-5/h6-11,13,15H,12,14H2,1-5H3,(H,25,27)/t24-/m1/s1. The van der Waals surface area contributed by atoms with E-state index in [1.54, 1.807) is 14.2 Å². The van der Waals surface area contributed by atoms with Crippen LogP contribution in [0.15, 0.2) is 42.5 Å². The zero-order chi connectivity index (χ0) is 20.8. The van der Waals surface area contributed by atoms with Gasteiger partial charge >= 0.3 is 0 Å². The minimum Gasteiger partial charge on any atom is -0.493 e. The highest BCUT2D eigenvalue weighted by Gasteiger charge is 2.57. The summed E-state index contributed by atoms with van der Waals surface area (Å²) < 4.78 is 11.0. The number of nitrogens with zero attached hydrogens (tertiary/aromatic N) is 1. The lowest BCUT2D eigenvalue weighted by molar-refractivity contribution is -0.124. The van der Waals surface area contributed by atoms with Crippen molar-refractivity contribution in [3.05, 3.63) is 59.2 Å². The van der Waals surface area contributed by atoms with Crippen LogP contribution >= 0.6 is 0 Å². The highest BCUT2D eigenvalue weighted by atomic mass is 16.5. The molecule has 5 heteroatoms. The maximum absolute atomic E-state index is 12.5. The van der Waals surface area contributed by atoms with Crippen molar-refractivity contribution in [1.29, 1.82) is 0 Å². The predicted molar refractivity (Wildman–Crippen MR) is 116 cm³/mol. The Bertz CT molecular complexity index is 996. The van der Waals surface area contributed by atoms with Crippen molar-refractivity contribution in [2.45, 2.75) is 38.3 Å². The minimum atomic E-state index is -0.646. The molecule has 0 unspecified atom stereocenters. The second kappa shape index (κ2) is 6.83. The molecule has 1 amide bonds. The van der Waals surface area contributed by atoms with Gasteiger partial charge in [0.1, 0.15) is 5.66 Å². The number of fused-ring (bicyclic) bond motifs is 3. The molecule has 1 saturated heterocycles. The average molecular weight is 392 g/mol. The van der Waals surface area contributed by atoms with Crippen molar-refractivity contribution < 1.29 is 14.3 Å². The Labute approximate surface area is 172 Å². The summed E-state index contributed by atoms with van der Waals surface area (Å²) in [6.45, 7) is 7.19. The Balaban J connectivity index is 1.86. The van der Waals surface area contributed by atoms with E-state index >= 15 is 0 Å². The Morgan fingerprint density at radius 1 is 1.14 bits per heavy atom. The number of ether oxygens (including phenoxy) is 2. The number of carbonyl (C=O) groups is 1. The summed E-state index contributed by atoms with van der Waals surface area (Å²) in [5.41, 5.74) is 3.60. The molecular formula is C24H28N2O3. The lowest BCUT2D eigenvalue weighted by atomic mass is 9.74. The molecule has 4 rings (SSSR count). The summed E-state index contributed by atoms with van der Waals surface area (Å²) in [5.74, 6) is 1.43. The van der Waals surface area contributed by atoms with Gasteiger partial charge in [-0.2, -0.15) is 0 Å². The van der Waals surface area contributed by atoms with Crippen LogP contribution in [0, 0.1) is 6.92 Å². The largest absolute Gasteiger partial charge is 0.493 e. The third-order valence-electron chi connectivity index (χ3n) is 6.32. The summed E-state index contributed by atoms with van der Waals surface area (Å²) in [6, 6.07) is 12.3. The van der Waals surface area contributed by atoms with E-state index in [-0.39, 0.29) is 11.3 Å². The highest BCUT2D eigenvalue weighted by Crippen LogP contribution is 2.52. The normalized spacial score (nSPS) is 22.2. The lowest BCUT2D eigenvalue weighted by Crippen LogP contribution is -2.68. The number of aryl methyl sites for hydroxylation is 1. The van der Waals surface area contributed by atoms with Crippen LogP contribution in [0.25, 0.3) is 6.08 Å². The molecule has 29 heavy (non-hydrogen) atoms. The van der Waals surface area contributed by atoms with Gasteiger partial charge in [-0.15, -0.1) is 0 Å². The summed E-state index contributed by atoms with van der Waals surface area (Å²) in [5, 5.41) is 3.31. The maximum atomic E-state index is 12.5. The van der Waals surface area contributed by atoms with Crippen LogP contribution in [-0.4, -0.2) is 32.3 Å². The van der Waals surface area contributed by atoms with Crippen molar-refractivity contribution in [1.82, 2.24) is 5.32 Å². The van der Waals surface area contributed by atoms with Gasteiger partial charge in [-0.3, -0.25) is 4.79 Å². The zero-order valence-electron chi connectivity index (χ0n) is 17.7. The van der Waals surface area contributed by atoms with E-state index in [1.165, 1.54) is 16.8 Å². The first kappa shape index (κ1) is 19.4. The first-order valence-electron chi connectivity index (χ1n) is 9.94. The van der Waals surface area contributed by atoms with Gasteiger partial charge in [0, 0.05) is 29.6 Å². The Kier molecular flexibility index (Phi) is 4.56. The summed E-state index contributed by atoms with van der Waals surface area (Å²) in [4.78, 5) is 14.9. The van der Waals surface area contributed by atoms with Crippen molar-refractivity contribution in [3.63, 3.8) is 0 Å². The monoisotopic (exact) mass is 392 g/mol. The Morgan fingerprint density at radius 3 is 2.66 bits per heavy atom. The smallest absolute Gasteiger partial charge is 0.223 e. The van der Waals surface area contributed by atoms with Gasteiger partial charge in [0.15, 0.2) is 11.5 Å². The van der Waals surface area contributed by atoms with Crippen molar-refractivity contribution >= 4 is 17.7 Å². The van der Waals surface area contributed by atoms with Crippen molar-refractivity contribution in [3.8, 4) is 11.5 Å². The molecule has 0 radical (unpaired) electrons. The first-order chi connectivity index (χ1) is 13.8. The molecule has 1 N–H and O–H groups in total. The fourth-order valence-corrected chi connectivity index (χ4v) is 4.72. The Hall–Kier alpha value is -2.95. The molecule has 2 aliphatic heterocycles. The number of amides is 1. The van der Waals surface area contributed by atoms with Crippen molar-refractivity contribution in [2.75, 3.05) is 25.7 Å². The van der Waals surface area contributed by atoms with Gasteiger partial charge < -0.3 is 19.7 Å². The van der Waals surface area contributed by atoms with E-state index < -0.39 is 5.66 Å². The van der Waals surface area contributed by atoms with E-state index in [4.69, 9.17) is 9.47 Å². The number of hydrogen-bond acceptors (Lipinski definition) is 4. The van der Waals surface area contributed by atoms with Gasteiger partial charge in [-0.25, -0.2) is 0 Å². The van der Waals surface area contributed by atoms with Gasteiger partial charge in [0.05, 0.1) is 14.2 Å². The van der Waals surface area contributed by atoms with Crippen molar-refractivity contribution in [2.24, 2.45) is 0 Å². The number of benzene rings is 2. The molecular weight excluding hydrogens is 364 g/mol. The number of para-hydroxylation sites is 1. The molecule has 2 aromatic rings. The molecule has 2 aliphatic rings. The molecule has 2 aromatic carbocycles. The van der Waals surface area contributed by atoms with E-state index in [0.29, 0.717) is 24.5 Å². The zero-order valence-corrected chi connectivity index (χ0v) is 17.7. The van der Waals surface area contributed by atoms with Gasteiger partial charge in [0.25, 0.3) is 0 Å². The quantitative estimate of drug-likeness (QED) is 0.853. The van der Waals surface area contributed by atoms with Gasteiger partial charge in [0.2, 0.25) is 5.91 Å². The maximum Gasteiger partial charge on any atom is 0.223 e. The van der Waals surface area contributed by atoms with Crippen LogP contribution in [0.5, 0.6) is 11.5 Å². The van der Waals surface area contributed by atoms with E-state index in [0.717, 1.165) is 5.56 Å². The predicted octanol–water partition coefficient (Wildman–Crippen LogP) is 4.04. The van der Waals surface area contributed by atoms with Crippen LogP contribution in [0.4, 0.5) is 5.69 Å². The summed E-state index contributed by atoms with van der Waals surface area (Å²) in [6.07, 6.45) is 4.62. The fraction of sp³-hybridized carbons (Fsp3) is 0.375. The molecule has 0 aromatic heterocycles. The van der Waals surface area contributed by atoms with Crippen LogP contribution in [0.2, 0.25) is 0 Å². The molecule has 152 valence electrons. The summed E-state index contributed by atoms with van der Waals surface area (Å²) >= 11 is 0. The number of carbonyl (C=O) groups excluding carboxylic acids is 1. The second-order valence-electron chi connectivity index (χ2n) is 8.28. The van der Waals surface area contributed by atoms with Crippen LogP contribution in [0.1, 0.15) is 37.0 Å². The van der Waals surface area contributed by atoms with Crippen LogP contribution < -0.4 is 19.7 Å². The molecule has 0 aliphatic carbocycles. The van der Waals surface area contributed by atoms with Crippen LogP contribution in [0.3, 0.4) is 0 Å². The van der Waals surface area contributed by atoms with Gasteiger partial charge in [-0.05, 0) is 30.7 Å². The average Bonchev–Trinajstić information content (AvgIpc) is 2.89. The van der Waals surface area contributed by atoms with E-state index in [1.807, 2.05) is 24.3 Å². The molecule has 5 nitrogen and oxygen atoms in total. The first-order valence-corrected chi connectivity index (χ1v) is 9.94. The Morgan fingerprint density at radius 2 is 1.93 bits per heavy atom. The van der Waals surface area contributed by atoms with E-state index in [9.17, 15) is 4.79 Å². The van der Waals surface area contributed by atoms with E-state index in [2.05, 4.69) is 55.3 Å². The van der Waals surface area contributed by atoms with Crippen LogP contribution in [-0.2, 0) is 10.2 Å². The molecule has 2 heterocycles. The van der Waals surface area contributed by atoms with Gasteiger partial charge in [-0.1, -0.05) is 49.8 Å². The molecule has 0 saturated carbocycles. The third-order valence-corrected chi connectivity index (χ3v) is 6.32. The molecule has 1 atom stereocenters. The fourth-order valence-electron chi connectivity index (χ4n) is 4.72.